The number of Topliss-reactive ketones (excluding diaryl/α,β-unsaturated/α-hetero) is 1. The van der Waals surface area contributed by atoms with E-state index < -0.39 is 0 Å². The third-order valence-electron chi connectivity index (χ3n) is 3.00. The second kappa shape index (κ2) is 2.94. The lowest BCUT2D eigenvalue weighted by Crippen LogP contribution is -2.20. The standard InChI is InChI=1S/C9H15NO/c11-9-4-2-1-3-7-5-10-6-8(7)9/h7-8,10H,1-6H2. The van der Waals surface area contributed by atoms with Crippen molar-refractivity contribution in [1.29, 1.82) is 0 Å². The fraction of sp³-hybridized carbons (Fsp3) is 0.889. The molecule has 0 aromatic heterocycles. The van der Waals surface area contributed by atoms with Crippen molar-refractivity contribution in [3.63, 3.8) is 0 Å². The molecule has 0 aromatic carbocycles. The lowest BCUT2D eigenvalue weighted by molar-refractivity contribution is -0.122. The minimum atomic E-state index is 0.373. The number of rotatable bonds is 0. The topological polar surface area (TPSA) is 29.1 Å². The third kappa shape index (κ3) is 1.32. The first-order chi connectivity index (χ1) is 5.38. The van der Waals surface area contributed by atoms with E-state index >= 15 is 0 Å². The normalized spacial score (nSPS) is 38.4. The zero-order chi connectivity index (χ0) is 7.68. The summed E-state index contributed by atoms with van der Waals surface area (Å²) >= 11 is 0. The summed E-state index contributed by atoms with van der Waals surface area (Å²) in [6, 6.07) is 0. The second-order valence-corrected chi connectivity index (χ2v) is 3.74. The van der Waals surface area contributed by atoms with Gasteiger partial charge in [-0.1, -0.05) is 6.42 Å². The molecule has 0 spiro atoms. The summed E-state index contributed by atoms with van der Waals surface area (Å²) in [6.45, 7) is 2.03. The van der Waals surface area contributed by atoms with E-state index in [1.165, 1.54) is 12.8 Å². The van der Waals surface area contributed by atoms with E-state index in [0.29, 0.717) is 17.6 Å². The predicted molar refractivity (Wildman–Crippen MR) is 43.3 cm³/mol. The van der Waals surface area contributed by atoms with Crippen molar-refractivity contribution in [3.05, 3.63) is 0 Å². The van der Waals surface area contributed by atoms with Crippen molar-refractivity contribution in [2.45, 2.75) is 25.7 Å². The molecule has 1 saturated carbocycles. The van der Waals surface area contributed by atoms with Crippen LogP contribution in [0.15, 0.2) is 0 Å². The van der Waals surface area contributed by atoms with Gasteiger partial charge in [-0.3, -0.25) is 4.79 Å². The molecule has 11 heavy (non-hydrogen) atoms. The average Bonchev–Trinajstić information content (AvgIpc) is 2.40. The number of nitrogens with one attached hydrogen (secondary N) is 1. The van der Waals surface area contributed by atoms with E-state index in [1.54, 1.807) is 0 Å². The summed E-state index contributed by atoms with van der Waals surface area (Å²) in [4.78, 5) is 11.5. The SMILES string of the molecule is O=C1CCCCC2CNCC12. The Morgan fingerprint density at radius 2 is 2.18 bits per heavy atom. The van der Waals surface area contributed by atoms with Crippen LogP contribution in [0.25, 0.3) is 0 Å². The van der Waals surface area contributed by atoms with E-state index in [4.69, 9.17) is 0 Å². The highest BCUT2D eigenvalue weighted by atomic mass is 16.1. The lowest BCUT2D eigenvalue weighted by Gasteiger charge is -2.11. The summed E-state index contributed by atoms with van der Waals surface area (Å²) in [7, 11) is 0. The first-order valence-corrected chi connectivity index (χ1v) is 4.61. The lowest BCUT2D eigenvalue weighted by atomic mass is 9.91. The van der Waals surface area contributed by atoms with Gasteiger partial charge in [0.15, 0.2) is 0 Å². The smallest absolute Gasteiger partial charge is 0.137 e. The number of ketones is 1. The van der Waals surface area contributed by atoms with Crippen LogP contribution in [0.2, 0.25) is 0 Å². The maximum Gasteiger partial charge on any atom is 0.137 e. The zero-order valence-corrected chi connectivity index (χ0v) is 6.81. The quantitative estimate of drug-likeness (QED) is 0.561. The molecule has 0 radical (unpaired) electrons. The van der Waals surface area contributed by atoms with Gasteiger partial charge in [0.2, 0.25) is 0 Å². The van der Waals surface area contributed by atoms with Gasteiger partial charge in [0, 0.05) is 18.9 Å². The molecule has 0 bridgehead atoms. The van der Waals surface area contributed by atoms with Crippen LogP contribution >= 0.6 is 0 Å². The third-order valence-corrected chi connectivity index (χ3v) is 3.00. The van der Waals surface area contributed by atoms with Gasteiger partial charge in [-0.15, -0.1) is 0 Å². The molecule has 1 N–H and O–H groups in total. The first kappa shape index (κ1) is 7.29. The van der Waals surface area contributed by atoms with Crippen molar-refractivity contribution in [3.8, 4) is 0 Å². The van der Waals surface area contributed by atoms with Crippen LogP contribution in [0.5, 0.6) is 0 Å². The molecule has 2 fully saturated rings. The largest absolute Gasteiger partial charge is 0.316 e. The van der Waals surface area contributed by atoms with Gasteiger partial charge in [-0.25, -0.2) is 0 Å². The van der Waals surface area contributed by atoms with E-state index in [1.807, 2.05) is 0 Å². The summed E-state index contributed by atoms with van der Waals surface area (Å²) < 4.78 is 0. The molecule has 1 saturated heterocycles. The predicted octanol–water partition coefficient (Wildman–Crippen LogP) is 0.965. The number of fused-ring (bicyclic) bond motifs is 1. The highest BCUT2D eigenvalue weighted by Gasteiger charge is 2.33. The molecule has 2 unspecified atom stereocenters. The maximum atomic E-state index is 11.5. The molecular formula is C9H15NO. The van der Waals surface area contributed by atoms with Crippen LogP contribution in [0.4, 0.5) is 0 Å². The Bertz CT molecular complexity index is 167. The summed E-state index contributed by atoms with van der Waals surface area (Å²) in [5, 5.41) is 3.30. The van der Waals surface area contributed by atoms with E-state index in [-0.39, 0.29) is 0 Å². The second-order valence-electron chi connectivity index (χ2n) is 3.74. The fourth-order valence-corrected chi connectivity index (χ4v) is 2.30. The summed E-state index contributed by atoms with van der Waals surface area (Å²) in [5.74, 6) is 1.56. The zero-order valence-electron chi connectivity index (χ0n) is 6.81. The Hall–Kier alpha value is -0.370. The maximum absolute atomic E-state index is 11.5. The van der Waals surface area contributed by atoms with Crippen molar-refractivity contribution in [2.75, 3.05) is 13.1 Å². The highest BCUT2D eigenvalue weighted by molar-refractivity contribution is 5.82. The van der Waals surface area contributed by atoms with Gasteiger partial charge in [0.1, 0.15) is 5.78 Å². The fourth-order valence-electron chi connectivity index (χ4n) is 2.30. The summed E-state index contributed by atoms with van der Waals surface area (Å²) in [5.41, 5.74) is 0. The molecule has 62 valence electrons. The van der Waals surface area contributed by atoms with E-state index in [0.717, 1.165) is 25.9 Å². The number of hydrogen-bond donors (Lipinski definition) is 1. The number of hydrogen-bond acceptors (Lipinski definition) is 2. The van der Waals surface area contributed by atoms with Crippen LogP contribution < -0.4 is 5.32 Å². The molecule has 1 heterocycles. The van der Waals surface area contributed by atoms with Gasteiger partial charge in [-0.2, -0.15) is 0 Å². The van der Waals surface area contributed by atoms with Gasteiger partial charge in [0.05, 0.1) is 0 Å². The Labute approximate surface area is 67.4 Å². The Morgan fingerprint density at radius 1 is 1.27 bits per heavy atom. The van der Waals surface area contributed by atoms with Gasteiger partial charge in [0.25, 0.3) is 0 Å². The van der Waals surface area contributed by atoms with Crippen LogP contribution in [0.1, 0.15) is 25.7 Å². The van der Waals surface area contributed by atoms with E-state index in [2.05, 4.69) is 5.32 Å². The molecule has 0 amide bonds. The monoisotopic (exact) mass is 153 g/mol. The number of carbonyl (C=O) groups excluding carboxylic acids is 1. The van der Waals surface area contributed by atoms with Crippen LogP contribution in [-0.2, 0) is 4.79 Å². The Morgan fingerprint density at radius 3 is 3.09 bits per heavy atom. The van der Waals surface area contributed by atoms with Crippen LogP contribution in [-0.4, -0.2) is 18.9 Å². The van der Waals surface area contributed by atoms with Crippen molar-refractivity contribution in [1.82, 2.24) is 5.32 Å². The van der Waals surface area contributed by atoms with E-state index in [9.17, 15) is 4.79 Å². The molecule has 2 rings (SSSR count). The molecular weight excluding hydrogens is 138 g/mol. The molecule has 2 heteroatoms. The summed E-state index contributed by atoms with van der Waals surface area (Å²) in [6.07, 6.45) is 4.49. The molecule has 2 nitrogen and oxygen atoms in total. The minimum absolute atomic E-state index is 0.373. The minimum Gasteiger partial charge on any atom is -0.316 e. The van der Waals surface area contributed by atoms with Crippen molar-refractivity contribution >= 4 is 5.78 Å². The Kier molecular flexibility index (Phi) is 1.95. The Balaban J connectivity index is 2.09. The highest BCUT2D eigenvalue weighted by Crippen LogP contribution is 2.28. The average molecular weight is 153 g/mol. The molecule has 2 atom stereocenters. The van der Waals surface area contributed by atoms with Gasteiger partial charge < -0.3 is 5.32 Å². The van der Waals surface area contributed by atoms with Crippen molar-refractivity contribution in [2.24, 2.45) is 11.8 Å². The van der Waals surface area contributed by atoms with Gasteiger partial charge in [-0.05, 0) is 25.3 Å². The molecule has 0 aromatic rings. The van der Waals surface area contributed by atoms with Crippen LogP contribution in [0.3, 0.4) is 0 Å². The molecule has 1 aliphatic carbocycles. The molecule has 2 aliphatic rings. The number of carbonyl (C=O) groups is 1. The van der Waals surface area contributed by atoms with Crippen LogP contribution in [0, 0.1) is 11.8 Å². The van der Waals surface area contributed by atoms with Crippen molar-refractivity contribution < 1.29 is 4.79 Å². The molecule has 1 aliphatic heterocycles. The first-order valence-electron chi connectivity index (χ1n) is 4.61. The van der Waals surface area contributed by atoms with Gasteiger partial charge >= 0.3 is 0 Å².